The molecule has 0 aromatic rings. The third kappa shape index (κ3) is 3.32. The Bertz CT molecular complexity index is 272. The Morgan fingerprint density at radius 3 is 2.05 bits per heavy atom. The van der Waals surface area contributed by atoms with Gasteiger partial charge >= 0.3 is 0 Å². The quantitative estimate of drug-likeness (QED) is 0.790. The molecule has 1 heterocycles. The van der Waals surface area contributed by atoms with E-state index >= 15 is 0 Å². The Morgan fingerprint density at radius 1 is 0.895 bits per heavy atom. The van der Waals surface area contributed by atoms with Gasteiger partial charge in [-0.3, -0.25) is 4.90 Å². The van der Waals surface area contributed by atoms with Gasteiger partial charge in [0, 0.05) is 44.8 Å². The first kappa shape index (κ1) is 13.8. The summed E-state index contributed by atoms with van der Waals surface area (Å²) in [4.78, 5) is 5.44. The van der Waals surface area contributed by atoms with Crippen LogP contribution in [-0.2, 0) is 0 Å². The highest BCUT2D eigenvalue weighted by atomic mass is 15.3. The zero-order valence-electron chi connectivity index (χ0n) is 12.4. The zero-order valence-corrected chi connectivity index (χ0v) is 12.4. The molecule has 0 unspecified atom stereocenters. The van der Waals surface area contributed by atoms with E-state index in [1.54, 1.807) is 0 Å². The predicted molar refractivity (Wildman–Crippen MR) is 80.2 cm³/mol. The summed E-state index contributed by atoms with van der Waals surface area (Å²) in [5.41, 5.74) is 6.56. The number of piperazine rings is 1. The molecule has 0 aromatic carbocycles. The number of hydrogen-bond donors (Lipinski definition) is 1. The summed E-state index contributed by atoms with van der Waals surface area (Å²) >= 11 is 0. The third-order valence-electron chi connectivity index (χ3n) is 5.67. The number of nitrogens with zero attached hydrogens (tertiary/aromatic N) is 2. The maximum atomic E-state index is 6.21. The second-order valence-corrected chi connectivity index (χ2v) is 7.07. The van der Waals surface area contributed by atoms with Gasteiger partial charge in [0.2, 0.25) is 0 Å². The normalized spacial score (nSPS) is 30.2. The summed E-state index contributed by atoms with van der Waals surface area (Å²) in [6.07, 6.45) is 11.3. The van der Waals surface area contributed by atoms with Crippen LogP contribution >= 0.6 is 0 Å². The van der Waals surface area contributed by atoms with Crippen molar-refractivity contribution < 1.29 is 0 Å². The van der Waals surface area contributed by atoms with Crippen LogP contribution in [0.2, 0.25) is 0 Å². The Morgan fingerprint density at radius 2 is 1.53 bits per heavy atom. The van der Waals surface area contributed by atoms with E-state index < -0.39 is 0 Å². The van der Waals surface area contributed by atoms with E-state index in [9.17, 15) is 0 Å². The van der Waals surface area contributed by atoms with E-state index in [4.69, 9.17) is 5.73 Å². The summed E-state index contributed by atoms with van der Waals surface area (Å²) in [5.74, 6) is 1.04. The number of hydrogen-bond acceptors (Lipinski definition) is 3. The highest BCUT2D eigenvalue weighted by molar-refractivity contribution is 4.95. The van der Waals surface area contributed by atoms with Crippen molar-refractivity contribution in [1.29, 1.82) is 0 Å². The monoisotopic (exact) mass is 265 g/mol. The van der Waals surface area contributed by atoms with E-state index in [0.29, 0.717) is 5.54 Å². The van der Waals surface area contributed by atoms with E-state index in [1.807, 2.05) is 0 Å². The van der Waals surface area contributed by atoms with Gasteiger partial charge in [0.1, 0.15) is 0 Å². The molecule has 3 aliphatic rings. The van der Waals surface area contributed by atoms with Crippen LogP contribution in [0.15, 0.2) is 0 Å². The molecule has 1 aliphatic heterocycles. The fourth-order valence-electron chi connectivity index (χ4n) is 4.11. The van der Waals surface area contributed by atoms with Crippen LogP contribution in [0.25, 0.3) is 0 Å². The van der Waals surface area contributed by atoms with E-state index in [2.05, 4.69) is 9.80 Å². The van der Waals surface area contributed by atoms with E-state index in [1.165, 1.54) is 84.1 Å². The van der Waals surface area contributed by atoms with Gasteiger partial charge in [-0.25, -0.2) is 0 Å². The molecule has 0 amide bonds. The van der Waals surface area contributed by atoms with Crippen molar-refractivity contribution in [2.24, 2.45) is 11.7 Å². The van der Waals surface area contributed by atoms with Gasteiger partial charge in [-0.05, 0) is 31.6 Å². The molecule has 19 heavy (non-hydrogen) atoms. The van der Waals surface area contributed by atoms with Crippen LogP contribution < -0.4 is 5.73 Å². The molecule has 2 N–H and O–H groups in total. The smallest absolute Gasteiger partial charge is 0.0332 e. The van der Waals surface area contributed by atoms with Gasteiger partial charge in [0.05, 0.1) is 0 Å². The molecule has 0 aromatic heterocycles. The largest absolute Gasteiger partial charge is 0.329 e. The molecular weight excluding hydrogens is 234 g/mol. The maximum absolute atomic E-state index is 6.21. The number of nitrogens with two attached hydrogens (primary N) is 1. The summed E-state index contributed by atoms with van der Waals surface area (Å²) in [6.45, 7) is 7.30. The topological polar surface area (TPSA) is 32.5 Å². The van der Waals surface area contributed by atoms with Crippen molar-refractivity contribution in [2.45, 2.75) is 56.9 Å². The highest BCUT2D eigenvalue weighted by Crippen LogP contribution is 2.34. The lowest BCUT2D eigenvalue weighted by Gasteiger charge is -2.47. The fourth-order valence-corrected chi connectivity index (χ4v) is 4.11. The molecule has 0 spiro atoms. The van der Waals surface area contributed by atoms with Gasteiger partial charge in [0.25, 0.3) is 0 Å². The lowest BCUT2D eigenvalue weighted by molar-refractivity contribution is 0.0250. The first-order valence-corrected chi connectivity index (χ1v) is 8.50. The second-order valence-electron chi connectivity index (χ2n) is 7.07. The minimum absolute atomic E-state index is 0.349. The van der Waals surface area contributed by atoms with Gasteiger partial charge in [-0.15, -0.1) is 0 Å². The molecular formula is C16H31N3. The van der Waals surface area contributed by atoms with Gasteiger partial charge < -0.3 is 10.6 Å². The predicted octanol–water partition coefficient (Wildman–Crippen LogP) is 2.07. The van der Waals surface area contributed by atoms with Gasteiger partial charge in [0.15, 0.2) is 0 Å². The fraction of sp³-hybridized carbons (Fsp3) is 1.00. The molecule has 2 aliphatic carbocycles. The van der Waals surface area contributed by atoms with Crippen LogP contribution in [-0.4, -0.2) is 54.6 Å². The molecule has 2 saturated carbocycles. The minimum atomic E-state index is 0.349. The van der Waals surface area contributed by atoms with Crippen LogP contribution in [0.3, 0.4) is 0 Å². The lowest BCUT2D eigenvalue weighted by atomic mass is 9.87. The Kier molecular flexibility index (Phi) is 4.45. The molecule has 110 valence electrons. The third-order valence-corrected chi connectivity index (χ3v) is 5.67. The summed E-state index contributed by atoms with van der Waals surface area (Å²) in [5, 5.41) is 0. The van der Waals surface area contributed by atoms with Crippen molar-refractivity contribution in [3.8, 4) is 0 Å². The van der Waals surface area contributed by atoms with Crippen molar-refractivity contribution in [3.63, 3.8) is 0 Å². The average molecular weight is 265 g/mol. The van der Waals surface area contributed by atoms with Crippen molar-refractivity contribution in [1.82, 2.24) is 9.80 Å². The van der Waals surface area contributed by atoms with Crippen molar-refractivity contribution >= 4 is 0 Å². The standard InChI is InChI=1S/C16H31N3/c17-14-16(7-3-1-2-4-8-16)19-11-9-18(10-12-19)13-15-5-6-15/h15H,1-14,17H2. The van der Waals surface area contributed by atoms with Crippen LogP contribution in [0.4, 0.5) is 0 Å². The first-order valence-electron chi connectivity index (χ1n) is 8.50. The van der Waals surface area contributed by atoms with Crippen LogP contribution in [0.1, 0.15) is 51.4 Å². The van der Waals surface area contributed by atoms with E-state index in [-0.39, 0.29) is 0 Å². The molecule has 3 fully saturated rings. The van der Waals surface area contributed by atoms with Crippen molar-refractivity contribution in [3.05, 3.63) is 0 Å². The lowest BCUT2D eigenvalue weighted by Crippen LogP contribution is -2.60. The Hall–Kier alpha value is -0.120. The van der Waals surface area contributed by atoms with Crippen molar-refractivity contribution in [2.75, 3.05) is 39.3 Å². The molecule has 0 bridgehead atoms. The van der Waals surface area contributed by atoms with Gasteiger partial charge in [-0.1, -0.05) is 25.7 Å². The van der Waals surface area contributed by atoms with Crippen LogP contribution in [0, 0.1) is 5.92 Å². The molecule has 3 nitrogen and oxygen atoms in total. The summed E-state index contributed by atoms with van der Waals surface area (Å²) in [6, 6.07) is 0. The Labute approximate surface area is 118 Å². The summed E-state index contributed by atoms with van der Waals surface area (Å²) < 4.78 is 0. The maximum Gasteiger partial charge on any atom is 0.0332 e. The summed E-state index contributed by atoms with van der Waals surface area (Å²) in [7, 11) is 0. The zero-order chi connectivity index (χ0) is 13.1. The molecule has 3 heteroatoms. The first-order chi connectivity index (χ1) is 9.32. The molecule has 0 radical (unpaired) electrons. The average Bonchev–Trinajstić information content (AvgIpc) is 3.26. The molecule has 1 saturated heterocycles. The van der Waals surface area contributed by atoms with Crippen LogP contribution in [0.5, 0.6) is 0 Å². The van der Waals surface area contributed by atoms with E-state index in [0.717, 1.165) is 12.5 Å². The minimum Gasteiger partial charge on any atom is -0.329 e. The van der Waals surface area contributed by atoms with Gasteiger partial charge in [-0.2, -0.15) is 0 Å². The SMILES string of the molecule is NCC1(N2CCN(CC3CC3)CC2)CCCCCC1. The Balaban J connectivity index is 1.55. The molecule has 3 rings (SSSR count). The highest BCUT2D eigenvalue weighted by Gasteiger charge is 2.37. The number of rotatable bonds is 4. The molecule has 0 atom stereocenters. The second kappa shape index (κ2) is 6.11.